The molecule has 0 fully saturated rings. The van der Waals surface area contributed by atoms with Gasteiger partial charge in [0.1, 0.15) is 0 Å². The zero-order valence-electron chi connectivity index (χ0n) is 11.8. The normalized spacial score (nSPS) is 9.95. The number of ether oxygens (including phenoxy) is 1. The number of benzene rings is 1. The Labute approximate surface area is 127 Å². The van der Waals surface area contributed by atoms with Crippen LogP contribution in [-0.4, -0.2) is 35.9 Å². The molecule has 0 aromatic heterocycles. The Morgan fingerprint density at radius 3 is 2.48 bits per heavy atom. The van der Waals surface area contributed by atoms with Crippen molar-refractivity contribution in [1.82, 2.24) is 0 Å². The van der Waals surface area contributed by atoms with Gasteiger partial charge in [0.15, 0.2) is 0 Å². The summed E-state index contributed by atoms with van der Waals surface area (Å²) in [6, 6.07) is 6.46. The molecule has 0 atom stereocenters. The second kappa shape index (κ2) is 9.02. The first kappa shape index (κ1) is 17.0. The number of nitrogens with two attached hydrogens (primary N) is 1. The Morgan fingerprint density at radius 1 is 1.24 bits per heavy atom. The van der Waals surface area contributed by atoms with E-state index in [0.717, 1.165) is 0 Å². The summed E-state index contributed by atoms with van der Waals surface area (Å²) in [5.41, 5.74) is 6.04. The Hall–Kier alpha value is -2.02. The molecule has 1 rings (SSSR count). The average Bonchev–Trinajstić information content (AvgIpc) is 2.44. The number of anilines is 1. The molecule has 0 aliphatic carbocycles. The topological polar surface area (TPSA) is 98.5 Å². The minimum absolute atomic E-state index is 0.157. The minimum atomic E-state index is -0.394. The Bertz CT molecular complexity index is 502. The lowest BCUT2D eigenvalue weighted by atomic mass is 10.2. The van der Waals surface area contributed by atoms with Gasteiger partial charge in [-0.1, -0.05) is 0 Å². The number of carbonyl (C=O) groups is 3. The molecule has 0 saturated heterocycles. The monoisotopic (exact) mass is 310 g/mol. The molecule has 1 aromatic carbocycles. The third-order valence-electron chi connectivity index (χ3n) is 2.40. The first-order valence-corrected chi connectivity index (χ1v) is 7.61. The van der Waals surface area contributed by atoms with Gasteiger partial charge in [-0.2, -0.15) is 11.8 Å². The average molecular weight is 310 g/mol. The SMILES string of the molecule is CCOC(=O)c1ccc(NC(=O)CCSCC(N)=O)cc1. The van der Waals surface area contributed by atoms with Crippen LogP contribution >= 0.6 is 11.8 Å². The maximum Gasteiger partial charge on any atom is 0.338 e. The van der Waals surface area contributed by atoms with Gasteiger partial charge in [0.05, 0.1) is 17.9 Å². The molecule has 0 bridgehead atoms. The van der Waals surface area contributed by atoms with Crippen molar-refractivity contribution in [3.8, 4) is 0 Å². The van der Waals surface area contributed by atoms with Crippen LogP contribution in [0.4, 0.5) is 5.69 Å². The van der Waals surface area contributed by atoms with Gasteiger partial charge < -0.3 is 15.8 Å². The quantitative estimate of drug-likeness (QED) is 0.559. The number of amides is 2. The van der Waals surface area contributed by atoms with E-state index < -0.39 is 11.9 Å². The highest BCUT2D eigenvalue weighted by molar-refractivity contribution is 7.99. The molecule has 6 nitrogen and oxygen atoms in total. The van der Waals surface area contributed by atoms with E-state index in [9.17, 15) is 14.4 Å². The van der Waals surface area contributed by atoms with Crippen LogP contribution in [0.5, 0.6) is 0 Å². The minimum Gasteiger partial charge on any atom is -0.462 e. The molecule has 0 unspecified atom stereocenters. The number of thioether (sulfide) groups is 1. The molecule has 0 radical (unpaired) electrons. The van der Waals surface area contributed by atoms with E-state index in [1.54, 1.807) is 31.2 Å². The van der Waals surface area contributed by atoms with E-state index in [1.165, 1.54) is 11.8 Å². The van der Waals surface area contributed by atoms with Crippen LogP contribution in [0, 0.1) is 0 Å². The molecule has 0 aliphatic rings. The van der Waals surface area contributed by atoms with Crippen molar-refractivity contribution in [3.63, 3.8) is 0 Å². The van der Waals surface area contributed by atoms with Crippen molar-refractivity contribution in [2.45, 2.75) is 13.3 Å². The van der Waals surface area contributed by atoms with Crippen LogP contribution in [-0.2, 0) is 14.3 Å². The highest BCUT2D eigenvalue weighted by Crippen LogP contribution is 2.11. The third-order valence-corrected chi connectivity index (χ3v) is 3.38. The molecule has 1 aromatic rings. The second-order valence-corrected chi connectivity index (χ2v) is 5.22. The molecule has 0 saturated carbocycles. The highest BCUT2D eigenvalue weighted by Gasteiger charge is 2.07. The fraction of sp³-hybridized carbons (Fsp3) is 0.357. The fourth-order valence-electron chi connectivity index (χ4n) is 1.47. The van der Waals surface area contributed by atoms with E-state index in [0.29, 0.717) is 23.6 Å². The lowest BCUT2D eigenvalue weighted by Gasteiger charge is -2.06. The summed E-state index contributed by atoms with van der Waals surface area (Å²) in [5.74, 6) is -0.207. The number of hydrogen-bond donors (Lipinski definition) is 2. The van der Waals surface area contributed by atoms with Gasteiger partial charge in [0.2, 0.25) is 11.8 Å². The molecule has 0 heterocycles. The van der Waals surface area contributed by atoms with Gasteiger partial charge in [-0.15, -0.1) is 0 Å². The van der Waals surface area contributed by atoms with Crippen molar-refractivity contribution < 1.29 is 19.1 Å². The molecule has 114 valence electrons. The molecule has 0 aliphatic heterocycles. The molecule has 3 N–H and O–H groups in total. The van der Waals surface area contributed by atoms with E-state index in [-0.39, 0.29) is 18.1 Å². The predicted molar refractivity (Wildman–Crippen MR) is 82.2 cm³/mol. The summed E-state index contributed by atoms with van der Waals surface area (Å²) in [6.07, 6.45) is 0.289. The first-order chi connectivity index (χ1) is 10.0. The second-order valence-electron chi connectivity index (χ2n) is 4.11. The van der Waals surface area contributed by atoms with E-state index >= 15 is 0 Å². The highest BCUT2D eigenvalue weighted by atomic mass is 32.2. The molecular weight excluding hydrogens is 292 g/mol. The van der Waals surface area contributed by atoms with Crippen LogP contribution < -0.4 is 11.1 Å². The zero-order valence-corrected chi connectivity index (χ0v) is 12.6. The van der Waals surface area contributed by atoms with Gasteiger partial charge in [-0.05, 0) is 31.2 Å². The number of nitrogens with one attached hydrogen (secondary N) is 1. The number of hydrogen-bond acceptors (Lipinski definition) is 5. The van der Waals surface area contributed by atoms with Gasteiger partial charge >= 0.3 is 5.97 Å². The predicted octanol–water partition coefficient (Wildman–Crippen LogP) is 1.41. The Morgan fingerprint density at radius 2 is 1.90 bits per heavy atom. The lowest BCUT2D eigenvalue weighted by molar-refractivity contribution is -0.116. The first-order valence-electron chi connectivity index (χ1n) is 6.46. The van der Waals surface area contributed by atoms with Gasteiger partial charge in [0, 0.05) is 17.9 Å². The standard InChI is InChI=1S/C14H18N2O4S/c1-2-20-14(19)10-3-5-11(6-4-10)16-13(18)7-8-21-9-12(15)17/h3-6H,2,7-9H2,1H3,(H2,15,17)(H,16,18). The number of primary amides is 1. The maximum absolute atomic E-state index is 11.6. The van der Waals surface area contributed by atoms with Crippen LogP contribution in [0.25, 0.3) is 0 Å². The summed E-state index contributed by atoms with van der Waals surface area (Å²) in [5, 5.41) is 2.71. The van der Waals surface area contributed by atoms with E-state index in [4.69, 9.17) is 10.5 Å². The van der Waals surface area contributed by atoms with Crippen molar-refractivity contribution in [1.29, 1.82) is 0 Å². The summed E-state index contributed by atoms with van der Waals surface area (Å²) >= 11 is 1.32. The van der Waals surface area contributed by atoms with Crippen molar-refractivity contribution in [2.75, 3.05) is 23.4 Å². The fourth-order valence-corrected chi connectivity index (χ4v) is 2.14. The van der Waals surface area contributed by atoms with Gasteiger partial charge in [0.25, 0.3) is 0 Å². The third kappa shape index (κ3) is 6.80. The van der Waals surface area contributed by atoms with E-state index in [2.05, 4.69) is 5.32 Å². The summed E-state index contributed by atoms with van der Waals surface area (Å²) in [4.78, 5) is 33.6. The largest absolute Gasteiger partial charge is 0.462 e. The van der Waals surface area contributed by atoms with Crippen molar-refractivity contribution >= 4 is 35.2 Å². The summed E-state index contributed by atoms with van der Waals surface area (Å²) in [6.45, 7) is 2.06. The smallest absolute Gasteiger partial charge is 0.338 e. The van der Waals surface area contributed by atoms with Crippen LogP contribution in [0.2, 0.25) is 0 Å². The van der Waals surface area contributed by atoms with Crippen molar-refractivity contribution in [3.05, 3.63) is 29.8 Å². The molecule has 7 heteroatoms. The van der Waals surface area contributed by atoms with E-state index in [1.807, 2.05) is 0 Å². The number of carbonyl (C=O) groups excluding carboxylic acids is 3. The number of esters is 1. The van der Waals surface area contributed by atoms with Gasteiger partial charge in [-0.3, -0.25) is 9.59 Å². The summed E-state index contributed by atoms with van der Waals surface area (Å²) in [7, 11) is 0. The molecule has 0 spiro atoms. The molecular formula is C14H18N2O4S. The van der Waals surface area contributed by atoms with Crippen LogP contribution in [0.1, 0.15) is 23.7 Å². The van der Waals surface area contributed by atoms with Crippen molar-refractivity contribution in [2.24, 2.45) is 5.73 Å². The molecule has 21 heavy (non-hydrogen) atoms. The number of rotatable bonds is 8. The lowest BCUT2D eigenvalue weighted by Crippen LogP contribution is -2.15. The van der Waals surface area contributed by atoms with Crippen LogP contribution in [0.15, 0.2) is 24.3 Å². The Balaban J connectivity index is 2.39. The Kier molecular flexibility index (Phi) is 7.31. The zero-order chi connectivity index (χ0) is 15.7. The summed E-state index contributed by atoms with van der Waals surface area (Å²) < 4.78 is 4.87. The molecule has 2 amide bonds. The van der Waals surface area contributed by atoms with Gasteiger partial charge in [-0.25, -0.2) is 4.79 Å². The van der Waals surface area contributed by atoms with Crippen LogP contribution in [0.3, 0.4) is 0 Å². The maximum atomic E-state index is 11.6.